The van der Waals surface area contributed by atoms with Gasteiger partial charge in [-0.2, -0.15) is 0 Å². The van der Waals surface area contributed by atoms with Crippen LogP contribution in [0.3, 0.4) is 0 Å². The zero-order chi connectivity index (χ0) is 49.4. The summed E-state index contributed by atoms with van der Waals surface area (Å²) in [6, 6.07) is 8.59. The summed E-state index contributed by atoms with van der Waals surface area (Å²) >= 11 is 0. The van der Waals surface area contributed by atoms with Crippen molar-refractivity contribution in [2.75, 3.05) is 0 Å². The molecule has 1 aromatic rings. The molecule has 0 saturated heterocycles. The number of carbonyl (C=O) groups is 4. The molecule has 2 unspecified atom stereocenters. The van der Waals surface area contributed by atoms with Crippen LogP contribution in [0.1, 0.15) is 155 Å². The Morgan fingerprint density at radius 2 is 1.00 bits per heavy atom. The van der Waals surface area contributed by atoms with Gasteiger partial charge >= 0.3 is 11.9 Å². The van der Waals surface area contributed by atoms with Crippen LogP contribution in [0.25, 0.3) is 6.08 Å². The van der Waals surface area contributed by atoms with Crippen molar-refractivity contribution >= 4 is 29.6 Å². The number of hydrogen-bond donors (Lipinski definition) is 0. The van der Waals surface area contributed by atoms with E-state index in [0.29, 0.717) is 28.9 Å². The van der Waals surface area contributed by atoms with Gasteiger partial charge in [-0.05, 0) is 106 Å². The zero-order valence-corrected chi connectivity index (χ0v) is 42.6. The fourth-order valence-electron chi connectivity index (χ4n) is 4.28. The van der Waals surface area contributed by atoms with E-state index in [9.17, 15) is 19.2 Å². The molecule has 0 fully saturated rings. The lowest BCUT2D eigenvalue weighted by Gasteiger charge is -2.14. The van der Waals surface area contributed by atoms with E-state index in [1.165, 1.54) is 23.3 Å². The molecule has 0 heterocycles. The van der Waals surface area contributed by atoms with E-state index in [1.807, 2.05) is 59.8 Å². The van der Waals surface area contributed by atoms with Crippen molar-refractivity contribution in [3.63, 3.8) is 0 Å². The van der Waals surface area contributed by atoms with Gasteiger partial charge in [-0.3, -0.25) is 9.59 Å². The molecule has 1 aromatic carbocycles. The van der Waals surface area contributed by atoms with E-state index in [4.69, 9.17) is 9.47 Å². The van der Waals surface area contributed by atoms with E-state index < -0.39 is 0 Å². The highest BCUT2D eigenvalue weighted by Crippen LogP contribution is 2.11. The van der Waals surface area contributed by atoms with E-state index in [2.05, 4.69) is 140 Å². The molecule has 0 aliphatic carbocycles. The Morgan fingerprint density at radius 1 is 0.574 bits per heavy atom. The summed E-state index contributed by atoms with van der Waals surface area (Å²) in [6.07, 6.45) is 12.4. The largest absolute Gasteiger partial charge is 0.460 e. The Bertz CT molecular complexity index is 1370. The van der Waals surface area contributed by atoms with Gasteiger partial charge in [0.15, 0.2) is 11.6 Å². The topological polar surface area (TPSA) is 86.7 Å². The Kier molecular flexibility index (Phi) is 49.1. The molecular formula is C55H94O6. The first kappa shape index (κ1) is 68.4. The Balaban J connectivity index is -0.000000148. The van der Waals surface area contributed by atoms with Crippen molar-refractivity contribution in [2.24, 2.45) is 41.4 Å². The standard InChI is InChI=1S/C12H16.C10H18O2.C9H16O2.C7H12O.C6H10O.C6H12.C5H10/c1-4-11-5-7-12(8-6-11)9-10(2)3;1-7(2)6-9(5)12-10(11)8(3)4;1-5-9(10)11-8(4)6-7(2)3;1-5(2)7(8)6(3)4;1-4-6(7)5(2)3;1-4-5-6(2)3;1-4-5(2)3/h4-8,10H,1,9H2,2-3H3;7,9H,3,6H2,1-2,4-5H3;5,7-8H,1,6H2,2-4H3;6H,1H2,2-4H3;4-5H,1H2,2-3H3;4,6H,1,5H2,2-3H3;4-5H,1H2,2-3H3. The van der Waals surface area contributed by atoms with Crippen LogP contribution < -0.4 is 0 Å². The minimum absolute atomic E-state index is 0.000463. The average Bonchev–Trinajstić information content (AvgIpc) is 3.14. The van der Waals surface area contributed by atoms with Crippen LogP contribution in [0.15, 0.2) is 106 Å². The second-order valence-electron chi connectivity index (χ2n) is 17.7. The van der Waals surface area contributed by atoms with Crippen LogP contribution >= 0.6 is 0 Å². The molecule has 6 heteroatoms. The first-order chi connectivity index (χ1) is 28.0. The molecule has 0 aliphatic rings. The summed E-state index contributed by atoms with van der Waals surface area (Å²) in [5.74, 6) is 3.13. The maximum atomic E-state index is 11.0. The molecule has 0 bridgehead atoms. The first-order valence-corrected chi connectivity index (χ1v) is 22.0. The van der Waals surface area contributed by atoms with Crippen molar-refractivity contribution in [2.45, 2.75) is 163 Å². The summed E-state index contributed by atoms with van der Waals surface area (Å²) in [5, 5.41) is 0. The van der Waals surface area contributed by atoms with Gasteiger partial charge in [0.25, 0.3) is 0 Å². The van der Waals surface area contributed by atoms with Crippen molar-refractivity contribution in [3.05, 3.63) is 117 Å². The minimum Gasteiger partial charge on any atom is -0.460 e. The fourth-order valence-corrected chi connectivity index (χ4v) is 4.28. The number of benzene rings is 1. The lowest BCUT2D eigenvalue weighted by atomic mass is 10.0. The predicted octanol–water partition coefficient (Wildman–Crippen LogP) is 15.5. The highest BCUT2D eigenvalue weighted by atomic mass is 16.5. The zero-order valence-electron chi connectivity index (χ0n) is 42.6. The molecule has 0 aliphatic heterocycles. The lowest BCUT2D eigenvalue weighted by molar-refractivity contribution is -0.144. The SMILES string of the molecule is C=C(C)C(=O)C(C)C.C=C(C)C(=O)OC(C)CC(C)C.C=CC(=O)C(C)C.C=CC(=O)OC(C)CC(C)C.C=CC(C)C.C=CCC(C)C.C=Cc1ccc(CC(C)C)cc1. The van der Waals surface area contributed by atoms with Crippen molar-refractivity contribution < 1.29 is 28.7 Å². The van der Waals surface area contributed by atoms with Gasteiger partial charge in [0.2, 0.25) is 0 Å². The molecular weight excluding hydrogens is 757 g/mol. The number of esters is 2. The number of carbonyl (C=O) groups excluding carboxylic acids is 4. The average molecular weight is 851 g/mol. The monoisotopic (exact) mass is 851 g/mol. The second-order valence-corrected chi connectivity index (χ2v) is 17.7. The quantitative estimate of drug-likeness (QED) is 0.0831. The van der Waals surface area contributed by atoms with Crippen LogP contribution in [0.5, 0.6) is 0 Å². The third-order valence-corrected chi connectivity index (χ3v) is 7.43. The smallest absolute Gasteiger partial charge is 0.333 e. The number of allylic oxidation sites excluding steroid dienone is 4. The number of Topliss-reactive ketones (excluding diaryl/α,β-unsaturated/α-hetero) is 1. The van der Waals surface area contributed by atoms with Crippen molar-refractivity contribution in [3.8, 4) is 0 Å². The fraction of sp³-hybridized carbons (Fsp3) is 0.564. The number of ether oxygens (including phenoxy) is 2. The van der Waals surface area contributed by atoms with Gasteiger partial charge in [0, 0.05) is 23.5 Å². The molecule has 0 saturated carbocycles. The van der Waals surface area contributed by atoms with Gasteiger partial charge in [-0.15, -0.1) is 13.2 Å². The molecule has 6 nitrogen and oxygen atoms in total. The summed E-state index contributed by atoms with van der Waals surface area (Å²) in [5.41, 5.74) is 3.73. The van der Waals surface area contributed by atoms with Gasteiger partial charge in [0.05, 0.1) is 12.2 Å². The Labute approximate surface area is 377 Å². The molecule has 0 spiro atoms. The van der Waals surface area contributed by atoms with E-state index in [0.717, 1.165) is 37.5 Å². The van der Waals surface area contributed by atoms with Crippen LogP contribution in [0.4, 0.5) is 0 Å². The summed E-state index contributed by atoms with van der Waals surface area (Å²) < 4.78 is 10.0. The molecule has 350 valence electrons. The second kappa shape index (κ2) is 43.8. The van der Waals surface area contributed by atoms with Gasteiger partial charge in [-0.1, -0.05) is 172 Å². The highest BCUT2D eigenvalue weighted by Gasteiger charge is 2.11. The third-order valence-electron chi connectivity index (χ3n) is 7.43. The molecule has 0 amide bonds. The van der Waals surface area contributed by atoms with Gasteiger partial charge in [0.1, 0.15) is 0 Å². The van der Waals surface area contributed by atoms with E-state index in [1.54, 1.807) is 13.8 Å². The third kappa shape index (κ3) is 57.8. The summed E-state index contributed by atoms with van der Waals surface area (Å²) in [4.78, 5) is 42.8. The Hall–Kier alpha value is -4.32. The Morgan fingerprint density at radius 3 is 1.20 bits per heavy atom. The number of ketones is 2. The lowest BCUT2D eigenvalue weighted by Crippen LogP contribution is -2.16. The van der Waals surface area contributed by atoms with Crippen LogP contribution in [-0.4, -0.2) is 35.7 Å². The van der Waals surface area contributed by atoms with Gasteiger partial charge < -0.3 is 9.47 Å². The predicted molar refractivity (Wildman–Crippen MR) is 269 cm³/mol. The number of hydrogen-bond acceptors (Lipinski definition) is 6. The van der Waals surface area contributed by atoms with Crippen LogP contribution in [-0.2, 0) is 35.1 Å². The molecule has 61 heavy (non-hydrogen) atoms. The normalized spacial score (nSPS) is 10.7. The van der Waals surface area contributed by atoms with E-state index in [-0.39, 0.29) is 47.5 Å². The maximum Gasteiger partial charge on any atom is 0.333 e. The van der Waals surface area contributed by atoms with Gasteiger partial charge in [-0.25, -0.2) is 9.59 Å². The highest BCUT2D eigenvalue weighted by molar-refractivity contribution is 5.95. The summed E-state index contributed by atoms with van der Waals surface area (Å²) in [7, 11) is 0. The molecule has 0 N–H and O–H groups in total. The molecule has 1 rings (SSSR count). The number of rotatable bonds is 18. The minimum atomic E-state index is -0.335. The van der Waals surface area contributed by atoms with Crippen LogP contribution in [0, 0.1) is 41.4 Å². The van der Waals surface area contributed by atoms with E-state index >= 15 is 0 Å². The van der Waals surface area contributed by atoms with Crippen LogP contribution in [0.2, 0.25) is 0 Å². The summed E-state index contributed by atoms with van der Waals surface area (Å²) in [6.45, 7) is 60.7. The maximum absolute atomic E-state index is 11.0. The first-order valence-electron chi connectivity index (χ1n) is 22.0. The van der Waals surface area contributed by atoms with Crippen molar-refractivity contribution in [1.82, 2.24) is 0 Å². The van der Waals surface area contributed by atoms with Crippen molar-refractivity contribution in [1.29, 1.82) is 0 Å². The molecule has 2 atom stereocenters. The molecule has 0 aromatic heterocycles. The molecule has 0 radical (unpaired) electrons.